The molecule has 1 aromatic heterocycles. The average Bonchev–Trinajstić information content (AvgIpc) is 2.54. The van der Waals surface area contributed by atoms with Crippen molar-refractivity contribution in [2.24, 2.45) is 12.8 Å². The first kappa shape index (κ1) is 10.1. The van der Waals surface area contributed by atoms with Crippen molar-refractivity contribution in [2.45, 2.75) is 12.8 Å². The number of hydrogen-bond acceptors (Lipinski definition) is 2. The third-order valence-electron chi connectivity index (χ3n) is 2.77. The summed E-state index contributed by atoms with van der Waals surface area (Å²) in [7, 11) is 1.98. The third-order valence-corrected chi connectivity index (χ3v) is 2.77. The summed E-state index contributed by atoms with van der Waals surface area (Å²) < 4.78 is 2.04. The second-order valence-corrected chi connectivity index (χ2v) is 3.80. The van der Waals surface area contributed by atoms with Crippen molar-refractivity contribution in [1.82, 2.24) is 4.57 Å². The van der Waals surface area contributed by atoms with E-state index in [1.165, 1.54) is 5.69 Å². The van der Waals surface area contributed by atoms with E-state index in [0.717, 1.165) is 23.7 Å². The van der Waals surface area contributed by atoms with Gasteiger partial charge in [0.25, 0.3) is 0 Å². The van der Waals surface area contributed by atoms with Crippen LogP contribution in [0.2, 0.25) is 0 Å². The highest BCUT2D eigenvalue weighted by Gasteiger charge is 2.08. The Labute approximate surface area is 89.1 Å². The van der Waals surface area contributed by atoms with Gasteiger partial charge in [-0.15, -0.1) is 0 Å². The van der Waals surface area contributed by atoms with Crippen molar-refractivity contribution in [1.29, 1.82) is 0 Å². The molecule has 1 aromatic carbocycles. The molecule has 0 aliphatic heterocycles. The van der Waals surface area contributed by atoms with E-state index in [4.69, 9.17) is 5.73 Å². The fourth-order valence-electron chi connectivity index (χ4n) is 1.97. The Bertz CT molecular complexity index is 474. The van der Waals surface area contributed by atoms with E-state index < -0.39 is 0 Å². The molecular weight excluding hydrogens is 188 g/mol. The monoisotopic (exact) mass is 204 g/mol. The minimum atomic E-state index is 0.342. The second-order valence-electron chi connectivity index (χ2n) is 3.80. The van der Waals surface area contributed by atoms with Crippen molar-refractivity contribution in [3.8, 4) is 5.75 Å². The Morgan fingerprint density at radius 3 is 2.87 bits per heavy atom. The van der Waals surface area contributed by atoms with Crippen LogP contribution in [0.3, 0.4) is 0 Å². The number of benzene rings is 1. The van der Waals surface area contributed by atoms with Crippen LogP contribution >= 0.6 is 0 Å². The average molecular weight is 204 g/mol. The fourth-order valence-corrected chi connectivity index (χ4v) is 1.97. The molecule has 0 amide bonds. The highest BCUT2D eigenvalue weighted by atomic mass is 16.3. The molecular formula is C12H16N2O. The molecule has 2 rings (SSSR count). The van der Waals surface area contributed by atoms with Crippen LogP contribution in [-0.2, 0) is 13.5 Å². The van der Waals surface area contributed by atoms with Crippen molar-refractivity contribution >= 4 is 10.9 Å². The molecule has 0 saturated carbocycles. The van der Waals surface area contributed by atoms with Gasteiger partial charge in [-0.3, -0.25) is 0 Å². The fraction of sp³-hybridized carbons (Fsp3) is 0.333. The molecule has 0 atom stereocenters. The molecule has 3 nitrogen and oxygen atoms in total. The molecule has 0 unspecified atom stereocenters. The zero-order valence-corrected chi connectivity index (χ0v) is 8.90. The van der Waals surface area contributed by atoms with Gasteiger partial charge in [-0.1, -0.05) is 12.1 Å². The minimum absolute atomic E-state index is 0.342. The van der Waals surface area contributed by atoms with E-state index in [9.17, 15) is 5.11 Å². The number of hydrogen-bond donors (Lipinski definition) is 2. The number of aromatic hydroxyl groups is 1. The van der Waals surface area contributed by atoms with Crippen LogP contribution < -0.4 is 5.73 Å². The number of rotatable bonds is 3. The summed E-state index contributed by atoms with van der Waals surface area (Å²) in [5.41, 5.74) is 7.62. The molecule has 1 heterocycles. The van der Waals surface area contributed by atoms with Crippen molar-refractivity contribution in [3.63, 3.8) is 0 Å². The summed E-state index contributed by atoms with van der Waals surface area (Å²) >= 11 is 0. The van der Waals surface area contributed by atoms with Crippen molar-refractivity contribution in [2.75, 3.05) is 6.54 Å². The van der Waals surface area contributed by atoms with Gasteiger partial charge in [0, 0.05) is 18.1 Å². The molecule has 0 spiro atoms. The summed E-state index contributed by atoms with van der Waals surface area (Å²) in [6.45, 7) is 0.702. The lowest BCUT2D eigenvalue weighted by molar-refractivity contribution is 0.478. The summed E-state index contributed by atoms with van der Waals surface area (Å²) in [6.07, 6.45) is 1.94. The highest BCUT2D eigenvalue weighted by Crippen LogP contribution is 2.27. The summed E-state index contributed by atoms with van der Waals surface area (Å²) in [5.74, 6) is 0.342. The van der Waals surface area contributed by atoms with E-state index in [0.29, 0.717) is 12.3 Å². The number of fused-ring (bicyclic) bond motifs is 1. The first-order valence-electron chi connectivity index (χ1n) is 5.20. The molecule has 3 heteroatoms. The van der Waals surface area contributed by atoms with Crippen LogP contribution in [0.25, 0.3) is 10.9 Å². The van der Waals surface area contributed by atoms with Gasteiger partial charge in [0.15, 0.2) is 0 Å². The smallest absolute Gasteiger partial charge is 0.139 e. The van der Waals surface area contributed by atoms with Crippen LogP contribution in [-0.4, -0.2) is 16.2 Å². The molecule has 0 saturated heterocycles. The first-order valence-corrected chi connectivity index (χ1v) is 5.20. The van der Waals surface area contributed by atoms with E-state index in [-0.39, 0.29) is 0 Å². The number of aryl methyl sites for hydroxylation is 2. The largest absolute Gasteiger partial charge is 0.506 e. The van der Waals surface area contributed by atoms with Gasteiger partial charge in [0.1, 0.15) is 5.75 Å². The summed E-state index contributed by atoms with van der Waals surface area (Å²) in [4.78, 5) is 0. The Hall–Kier alpha value is -1.48. The maximum absolute atomic E-state index is 9.75. The maximum Gasteiger partial charge on any atom is 0.139 e. The normalized spacial score (nSPS) is 11.1. The SMILES string of the molecule is Cn1c(CCCN)cc2cccc(O)c21. The number of aromatic nitrogens is 1. The second kappa shape index (κ2) is 3.95. The topological polar surface area (TPSA) is 51.2 Å². The van der Waals surface area contributed by atoms with Crippen LogP contribution in [0.15, 0.2) is 24.3 Å². The number of nitrogens with two attached hydrogens (primary N) is 1. The molecule has 0 aliphatic carbocycles. The van der Waals surface area contributed by atoms with E-state index in [2.05, 4.69) is 6.07 Å². The van der Waals surface area contributed by atoms with Gasteiger partial charge >= 0.3 is 0 Å². The Balaban J connectivity index is 2.50. The van der Waals surface area contributed by atoms with Crippen LogP contribution in [0.1, 0.15) is 12.1 Å². The van der Waals surface area contributed by atoms with E-state index >= 15 is 0 Å². The molecule has 80 valence electrons. The number of para-hydroxylation sites is 1. The van der Waals surface area contributed by atoms with Crippen LogP contribution in [0, 0.1) is 0 Å². The quantitative estimate of drug-likeness (QED) is 0.800. The molecule has 0 radical (unpaired) electrons. The molecule has 3 N–H and O–H groups in total. The number of phenols is 1. The van der Waals surface area contributed by atoms with Gasteiger partial charge < -0.3 is 15.4 Å². The zero-order valence-electron chi connectivity index (χ0n) is 8.90. The molecule has 2 aromatic rings. The Morgan fingerprint density at radius 1 is 1.40 bits per heavy atom. The molecule has 0 fully saturated rings. The molecule has 0 aliphatic rings. The predicted octanol–water partition coefficient (Wildman–Crippen LogP) is 1.78. The van der Waals surface area contributed by atoms with Gasteiger partial charge in [-0.05, 0) is 31.5 Å². The van der Waals surface area contributed by atoms with Gasteiger partial charge in [-0.25, -0.2) is 0 Å². The van der Waals surface area contributed by atoms with Gasteiger partial charge in [-0.2, -0.15) is 0 Å². The predicted molar refractivity (Wildman–Crippen MR) is 62.0 cm³/mol. The van der Waals surface area contributed by atoms with Gasteiger partial charge in [0.05, 0.1) is 5.52 Å². The van der Waals surface area contributed by atoms with E-state index in [1.54, 1.807) is 6.07 Å². The van der Waals surface area contributed by atoms with Crippen LogP contribution in [0.4, 0.5) is 0 Å². The Morgan fingerprint density at radius 2 is 2.20 bits per heavy atom. The lowest BCUT2D eigenvalue weighted by atomic mass is 10.2. The maximum atomic E-state index is 9.75. The minimum Gasteiger partial charge on any atom is -0.506 e. The van der Waals surface area contributed by atoms with Crippen LogP contribution in [0.5, 0.6) is 5.75 Å². The zero-order chi connectivity index (χ0) is 10.8. The third kappa shape index (κ3) is 1.70. The highest BCUT2D eigenvalue weighted by molar-refractivity contribution is 5.86. The lowest BCUT2D eigenvalue weighted by Crippen LogP contribution is -2.03. The van der Waals surface area contributed by atoms with Crippen molar-refractivity contribution in [3.05, 3.63) is 30.0 Å². The number of nitrogens with zero attached hydrogens (tertiary/aromatic N) is 1. The summed E-state index contributed by atoms with van der Waals surface area (Å²) in [5, 5.41) is 10.8. The standard InChI is InChI=1S/C12H16N2O/c1-14-10(5-3-7-13)8-9-4-2-6-11(15)12(9)14/h2,4,6,8,15H,3,5,7,13H2,1H3. The molecule has 0 bridgehead atoms. The molecule has 15 heavy (non-hydrogen) atoms. The number of phenolic OH excluding ortho intramolecular Hbond substituents is 1. The van der Waals surface area contributed by atoms with Gasteiger partial charge in [0.2, 0.25) is 0 Å². The van der Waals surface area contributed by atoms with E-state index in [1.807, 2.05) is 23.7 Å². The lowest BCUT2D eigenvalue weighted by Gasteiger charge is -2.04. The first-order chi connectivity index (χ1) is 7.24. The Kier molecular flexibility index (Phi) is 2.64. The summed E-state index contributed by atoms with van der Waals surface area (Å²) in [6, 6.07) is 7.71. The van der Waals surface area contributed by atoms with Crippen molar-refractivity contribution < 1.29 is 5.11 Å².